The molecule has 0 unspecified atom stereocenters. The molecule has 9 heteroatoms. The Kier molecular flexibility index (Phi) is 4.25. The smallest absolute Gasteiger partial charge is 0.316 e. The number of halogens is 1. The summed E-state index contributed by atoms with van der Waals surface area (Å²) in [6.45, 7) is 1.99. The van der Waals surface area contributed by atoms with E-state index in [0.717, 1.165) is 0 Å². The van der Waals surface area contributed by atoms with Gasteiger partial charge < -0.3 is 14.3 Å². The molecular formula is C18H14FN5O3. The number of hydrogen-bond acceptors (Lipinski definition) is 6. The van der Waals surface area contributed by atoms with Crippen LogP contribution in [0.1, 0.15) is 22.1 Å². The molecule has 0 fully saturated rings. The molecule has 0 aliphatic rings. The lowest BCUT2D eigenvalue weighted by molar-refractivity contribution is 0.0904. The zero-order valence-corrected chi connectivity index (χ0v) is 14.2. The fraction of sp³-hybridized carbons (Fsp3) is 0.111. The van der Waals surface area contributed by atoms with Gasteiger partial charge in [-0.15, -0.1) is 0 Å². The number of rotatable bonds is 5. The predicted octanol–water partition coefficient (Wildman–Crippen LogP) is 2.89. The first-order valence-electron chi connectivity index (χ1n) is 8.07. The first-order valence-corrected chi connectivity index (χ1v) is 8.07. The number of nitrogens with zero attached hydrogens (tertiary/aromatic N) is 4. The number of amides is 1. The molecule has 0 saturated heterocycles. The van der Waals surface area contributed by atoms with Gasteiger partial charge in [0.05, 0.1) is 29.8 Å². The molecule has 8 nitrogen and oxygen atoms in total. The van der Waals surface area contributed by atoms with Crippen LogP contribution < -0.4 is 5.32 Å². The summed E-state index contributed by atoms with van der Waals surface area (Å²) in [7, 11) is 0. The second kappa shape index (κ2) is 6.87. The lowest BCUT2D eigenvalue weighted by atomic mass is 10.2. The van der Waals surface area contributed by atoms with Gasteiger partial charge in [-0.05, 0) is 43.3 Å². The average Bonchev–Trinajstić information content (AvgIpc) is 3.41. The summed E-state index contributed by atoms with van der Waals surface area (Å²) in [5, 5.41) is 10.9. The van der Waals surface area contributed by atoms with Crippen LogP contribution in [0.3, 0.4) is 0 Å². The molecule has 3 heterocycles. The fourth-order valence-corrected chi connectivity index (χ4v) is 2.49. The van der Waals surface area contributed by atoms with Crippen molar-refractivity contribution in [3.8, 4) is 17.1 Å². The first-order chi connectivity index (χ1) is 13.1. The highest BCUT2D eigenvalue weighted by Crippen LogP contribution is 2.21. The first kappa shape index (κ1) is 16.7. The standard InChI is InChI=1S/C18H14FN5O3/c1-11-15(10-24(22-11)13-6-4-12(19)5-7-13)16-21-18(27-23-16)17(25)20-9-14-3-2-8-26-14/h2-8,10H,9H2,1H3,(H,20,25). The highest BCUT2D eigenvalue weighted by Gasteiger charge is 2.19. The molecule has 1 aromatic carbocycles. The van der Waals surface area contributed by atoms with Crippen molar-refractivity contribution in [3.05, 3.63) is 72.0 Å². The molecule has 1 N–H and O–H groups in total. The Morgan fingerprint density at radius 2 is 2.07 bits per heavy atom. The van der Waals surface area contributed by atoms with Crippen molar-refractivity contribution in [1.29, 1.82) is 0 Å². The van der Waals surface area contributed by atoms with E-state index >= 15 is 0 Å². The topological polar surface area (TPSA) is 99.0 Å². The molecule has 0 aliphatic heterocycles. The van der Waals surface area contributed by atoms with Crippen molar-refractivity contribution in [2.75, 3.05) is 0 Å². The van der Waals surface area contributed by atoms with Crippen LogP contribution in [-0.4, -0.2) is 25.8 Å². The van der Waals surface area contributed by atoms with Gasteiger partial charge in [0.2, 0.25) is 5.82 Å². The normalized spacial score (nSPS) is 10.9. The summed E-state index contributed by atoms with van der Waals surface area (Å²) in [5.74, 6) is -0.144. The van der Waals surface area contributed by atoms with E-state index in [1.165, 1.54) is 18.4 Å². The summed E-state index contributed by atoms with van der Waals surface area (Å²) >= 11 is 0. The summed E-state index contributed by atoms with van der Waals surface area (Å²) in [6, 6.07) is 9.38. The number of carbonyl (C=O) groups excluding carboxylic acids is 1. The number of carbonyl (C=O) groups is 1. The third kappa shape index (κ3) is 3.47. The summed E-state index contributed by atoms with van der Waals surface area (Å²) < 4.78 is 24.9. The molecule has 1 amide bonds. The van der Waals surface area contributed by atoms with Crippen LogP contribution in [-0.2, 0) is 6.54 Å². The van der Waals surface area contributed by atoms with E-state index in [-0.39, 0.29) is 24.1 Å². The van der Waals surface area contributed by atoms with Gasteiger partial charge in [0.1, 0.15) is 11.6 Å². The minimum Gasteiger partial charge on any atom is -0.467 e. The third-order valence-electron chi connectivity index (χ3n) is 3.85. The maximum absolute atomic E-state index is 13.1. The lowest BCUT2D eigenvalue weighted by Crippen LogP contribution is -2.22. The van der Waals surface area contributed by atoms with Crippen LogP contribution in [0.5, 0.6) is 0 Å². The Hall–Kier alpha value is -3.75. The number of nitrogens with one attached hydrogen (secondary N) is 1. The zero-order chi connectivity index (χ0) is 18.8. The van der Waals surface area contributed by atoms with E-state index in [9.17, 15) is 9.18 Å². The predicted molar refractivity (Wildman–Crippen MR) is 91.4 cm³/mol. The van der Waals surface area contributed by atoms with E-state index in [1.54, 1.807) is 42.1 Å². The summed E-state index contributed by atoms with van der Waals surface area (Å²) in [5.41, 5.74) is 1.93. The van der Waals surface area contributed by atoms with Crippen LogP contribution in [0, 0.1) is 12.7 Å². The molecule has 0 saturated carbocycles. The highest BCUT2D eigenvalue weighted by molar-refractivity contribution is 5.89. The number of aromatic nitrogens is 4. The van der Waals surface area contributed by atoms with Crippen LogP contribution >= 0.6 is 0 Å². The fourth-order valence-electron chi connectivity index (χ4n) is 2.49. The van der Waals surface area contributed by atoms with Gasteiger partial charge in [-0.3, -0.25) is 4.79 Å². The van der Waals surface area contributed by atoms with E-state index < -0.39 is 5.91 Å². The summed E-state index contributed by atoms with van der Waals surface area (Å²) in [4.78, 5) is 16.3. The summed E-state index contributed by atoms with van der Waals surface area (Å²) in [6.07, 6.45) is 3.21. The Balaban J connectivity index is 1.52. The zero-order valence-electron chi connectivity index (χ0n) is 14.2. The van der Waals surface area contributed by atoms with E-state index in [4.69, 9.17) is 8.94 Å². The number of furan rings is 1. The minimum atomic E-state index is -0.506. The molecule has 4 aromatic rings. The van der Waals surface area contributed by atoms with Gasteiger partial charge in [-0.1, -0.05) is 5.16 Å². The van der Waals surface area contributed by atoms with Crippen molar-refractivity contribution in [1.82, 2.24) is 25.2 Å². The minimum absolute atomic E-state index is 0.162. The Morgan fingerprint density at radius 1 is 1.26 bits per heavy atom. The highest BCUT2D eigenvalue weighted by atomic mass is 19.1. The number of aryl methyl sites for hydroxylation is 1. The van der Waals surface area contributed by atoms with Crippen LogP contribution in [0.2, 0.25) is 0 Å². The molecule has 136 valence electrons. The third-order valence-corrected chi connectivity index (χ3v) is 3.85. The van der Waals surface area contributed by atoms with Gasteiger partial charge >= 0.3 is 11.8 Å². The molecule has 0 atom stereocenters. The molecule has 0 bridgehead atoms. The van der Waals surface area contributed by atoms with E-state index in [0.29, 0.717) is 22.7 Å². The van der Waals surface area contributed by atoms with Crippen LogP contribution in [0.15, 0.2) is 57.8 Å². The van der Waals surface area contributed by atoms with E-state index in [2.05, 4.69) is 20.6 Å². The van der Waals surface area contributed by atoms with Crippen molar-refractivity contribution < 1.29 is 18.1 Å². The Labute approximate surface area is 152 Å². The van der Waals surface area contributed by atoms with Crippen molar-refractivity contribution in [2.24, 2.45) is 0 Å². The van der Waals surface area contributed by atoms with Gasteiger partial charge in [0.25, 0.3) is 0 Å². The Bertz CT molecular complexity index is 1070. The Morgan fingerprint density at radius 3 is 2.81 bits per heavy atom. The van der Waals surface area contributed by atoms with Crippen molar-refractivity contribution in [2.45, 2.75) is 13.5 Å². The SMILES string of the molecule is Cc1nn(-c2ccc(F)cc2)cc1-c1noc(C(=O)NCc2ccco2)n1. The maximum atomic E-state index is 13.1. The largest absolute Gasteiger partial charge is 0.467 e. The second-order valence-corrected chi connectivity index (χ2v) is 5.73. The van der Waals surface area contributed by atoms with Gasteiger partial charge in [-0.2, -0.15) is 10.1 Å². The monoisotopic (exact) mass is 367 g/mol. The lowest BCUT2D eigenvalue weighted by Gasteiger charge is -1.99. The quantitative estimate of drug-likeness (QED) is 0.582. The molecular weight excluding hydrogens is 353 g/mol. The molecule has 27 heavy (non-hydrogen) atoms. The van der Waals surface area contributed by atoms with Gasteiger partial charge in [-0.25, -0.2) is 9.07 Å². The van der Waals surface area contributed by atoms with Gasteiger partial charge in [0, 0.05) is 6.20 Å². The molecule has 0 aliphatic carbocycles. The van der Waals surface area contributed by atoms with E-state index in [1.807, 2.05) is 0 Å². The van der Waals surface area contributed by atoms with Crippen molar-refractivity contribution in [3.63, 3.8) is 0 Å². The van der Waals surface area contributed by atoms with Gasteiger partial charge in [0.15, 0.2) is 0 Å². The van der Waals surface area contributed by atoms with Crippen LogP contribution in [0.25, 0.3) is 17.1 Å². The molecule has 3 aromatic heterocycles. The average molecular weight is 367 g/mol. The van der Waals surface area contributed by atoms with Crippen molar-refractivity contribution >= 4 is 5.91 Å². The maximum Gasteiger partial charge on any atom is 0.316 e. The molecule has 0 radical (unpaired) electrons. The number of hydrogen-bond donors (Lipinski definition) is 1. The molecule has 0 spiro atoms. The second-order valence-electron chi connectivity index (χ2n) is 5.73. The number of benzene rings is 1. The van der Waals surface area contributed by atoms with Crippen LogP contribution in [0.4, 0.5) is 4.39 Å². The molecule has 4 rings (SSSR count).